The van der Waals surface area contributed by atoms with E-state index in [4.69, 9.17) is 0 Å². The third kappa shape index (κ3) is 5.39. The first-order valence-corrected chi connectivity index (χ1v) is 7.30. The van der Waals surface area contributed by atoms with E-state index in [1.807, 2.05) is 0 Å². The van der Waals surface area contributed by atoms with Crippen molar-refractivity contribution in [1.82, 2.24) is 10.2 Å². The lowest BCUT2D eigenvalue weighted by atomic mass is 9.84. The molecule has 0 aromatic rings. The summed E-state index contributed by atoms with van der Waals surface area (Å²) < 4.78 is 0. The quantitative estimate of drug-likeness (QED) is 0.766. The molecule has 1 rings (SSSR count). The van der Waals surface area contributed by atoms with Crippen LogP contribution in [0.25, 0.3) is 0 Å². The first kappa shape index (κ1) is 15.0. The van der Waals surface area contributed by atoms with Gasteiger partial charge in [0.2, 0.25) is 0 Å². The molecule has 1 N–H and O–H groups in total. The predicted molar refractivity (Wildman–Crippen MR) is 76.4 cm³/mol. The van der Waals surface area contributed by atoms with Gasteiger partial charge in [0, 0.05) is 18.6 Å². The summed E-state index contributed by atoms with van der Waals surface area (Å²) >= 11 is 0. The van der Waals surface area contributed by atoms with Crippen LogP contribution >= 0.6 is 0 Å². The lowest BCUT2D eigenvalue weighted by Crippen LogP contribution is -2.47. The van der Waals surface area contributed by atoms with E-state index in [0.29, 0.717) is 5.41 Å². The standard InChI is InChI=1S/C15H32N2/c1-6-11-17(5)13-15(9-7-8-10-15)12-16-14(2,3)4/h16H,6-13H2,1-5H3. The van der Waals surface area contributed by atoms with Crippen LogP contribution in [0.5, 0.6) is 0 Å². The van der Waals surface area contributed by atoms with Crippen LogP contribution in [0.2, 0.25) is 0 Å². The minimum atomic E-state index is 0.249. The number of hydrogen-bond acceptors (Lipinski definition) is 2. The molecule has 0 radical (unpaired) electrons. The van der Waals surface area contributed by atoms with Crippen LogP contribution in [0, 0.1) is 5.41 Å². The van der Waals surface area contributed by atoms with Gasteiger partial charge in [-0.25, -0.2) is 0 Å². The Labute approximate surface area is 108 Å². The van der Waals surface area contributed by atoms with Crippen LogP contribution < -0.4 is 5.32 Å². The molecular formula is C15H32N2. The largest absolute Gasteiger partial charge is 0.311 e. The van der Waals surface area contributed by atoms with Crippen LogP contribution in [0.3, 0.4) is 0 Å². The normalized spacial score (nSPS) is 20.1. The summed E-state index contributed by atoms with van der Waals surface area (Å²) in [4.78, 5) is 2.52. The second kappa shape index (κ2) is 6.19. The van der Waals surface area contributed by atoms with Crippen LogP contribution in [0.15, 0.2) is 0 Å². The first-order valence-electron chi connectivity index (χ1n) is 7.30. The molecule has 0 spiro atoms. The Balaban J connectivity index is 2.50. The molecular weight excluding hydrogens is 208 g/mol. The molecule has 0 bridgehead atoms. The van der Waals surface area contributed by atoms with Crippen LogP contribution in [-0.4, -0.2) is 37.1 Å². The van der Waals surface area contributed by atoms with E-state index in [0.717, 1.165) is 0 Å². The summed E-state index contributed by atoms with van der Waals surface area (Å²) in [6.07, 6.45) is 6.92. The van der Waals surface area contributed by atoms with E-state index in [1.165, 1.54) is 51.7 Å². The predicted octanol–water partition coefficient (Wildman–Crippen LogP) is 3.28. The second-order valence-electron chi connectivity index (χ2n) is 7.05. The highest BCUT2D eigenvalue weighted by Crippen LogP contribution is 2.38. The monoisotopic (exact) mass is 240 g/mol. The fraction of sp³-hybridized carbons (Fsp3) is 1.00. The fourth-order valence-corrected chi connectivity index (χ4v) is 3.00. The molecule has 0 unspecified atom stereocenters. The van der Waals surface area contributed by atoms with Gasteiger partial charge in [-0.05, 0) is 59.0 Å². The molecule has 17 heavy (non-hydrogen) atoms. The molecule has 2 nitrogen and oxygen atoms in total. The van der Waals surface area contributed by atoms with Gasteiger partial charge in [-0.2, -0.15) is 0 Å². The first-order chi connectivity index (χ1) is 7.87. The zero-order chi connectivity index (χ0) is 12.9. The van der Waals surface area contributed by atoms with Gasteiger partial charge in [-0.1, -0.05) is 19.8 Å². The Kier molecular flexibility index (Phi) is 5.46. The van der Waals surface area contributed by atoms with Crippen LogP contribution in [0.4, 0.5) is 0 Å². The van der Waals surface area contributed by atoms with E-state index in [9.17, 15) is 0 Å². The Morgan fingerprint density at radius 1 is 1.18 bits per heavy atom. The molecule has 0 aromatic carbocycles. The molecule has 1 aliphatic rings. The van der Waals surface area contributed by atoms with Gasteiger partial charge in [-0.3, -0.25) is 0 Å². The van der Waals surface area contributed by atoms with Crippen molar-refractivity contribution in [3.05, 3.63) is 0 Å². The lowest BCUT2D eigenvalue weighted by molar-refractivity contribution is 0.161. The minimum Gasteiger partial charge on any atom is -0.311 e. The Morgan fingerprint density at radius 2 is 1.76 bits per heavy atom. The fourth-order valence-electron chi connectivity index (χ4n) is 3.00. The maximum absolute atomic E-state index is 3.73. The van der Waals surface area contributed by atoms with Crippen molar-refractivity contribution in [3.8, 4) is 0 Å². The summed E-state index contributed by atoms with van der Waals surface area (Å²) in [6.45, 7) is 12.8. The highest BCUT2D eigenvalue weighted by atomic mass is 15.1. The van der Waals surface area contributed by atoms with E-state index < -0.39 is 0 Å². The average molecular weight is 240 g/mol. The molecule has 0 aromatic heterocycles. The molecule has 0 aliphatic heterocycles. The average Bonchev–Trinajstić information content (AvgIpc) is 2.63. The molecule has 1 fully saturated rings. The van der Waals surface area contributed by atoms with E-state index in [2.05, 4.69) is 45.0 Å². The topological polar surface area (TPSA) is 15.3 Å². The van der Waals surface area contributed by atoms with Gasteiger partial charge in [0.05, 0.1) is 0 Å². The number of nitrogens with zero attached hydrogens (tertiary/aromatic N) is 1. The Morgan fingerprint density at radius 3 is 2.24 bits per heavy atom. The Hall–Kier alpha value is -0.0800. The summed E-state index contributed by atoms with van der Waals surface area (Å²) in [6, 6.07) is 0. The van der Waals surface area contributed by atoms with Crippen molar-refractivity contribution in [2.75, 3.05) is 26.7 Å². The molecule has 1 saturated carbocycles. The van der Waals surface area contributed by atoms with Gasteiger partial charge in [0.15, 0.2) is 0 Å². The minimum absolute atomic E-state index is 0.249. The van der Waals surface area contributed by atoms with Crippen molar-refractivity contribution in [2.24, 2.45) is 5.41 Å². The van der Waals surface area contributed by atoms with E-state index in [-0.39, 0.29) is 5.54 Å². The maximum atomic E-state index is 3.73. The zero-order valence-corrected chi connectivity index (χ0v) is 12.6. The Bertz CT molecular complexity index is 211. The molecule has 0 heterocycles. The maximum Gasteiger partial charge on any atom is 0.00967 e. The zero-order valence-electron chi connectivity index (χ0n) is 12.6. The molecule has 2 heteroatoms. The third-order valence-electron chi connectivity index (χ3n) is 3.87. The van der Waals surface area contributed by atoms with Crippen LogP contribution in [-0.2, 0) is 0 Å². The number of rotatable bonds is 6. The summed E-state index contributed by atoms with van der Waals surface area (Å²) in [5, 5.41) is 3.73. The van der Waals surface area contributed by atoms with E-state index >= 15 is 0 Å². The van der Waals surface area contributed by atoms with Crippen molar-refractivity contribution in [1.29, 1.82) is 0 Å². The smallest absolute Gasteiger partial charge is 0.00967 e. The van der Waals surface area contributed by atoms with Gasteiger partial charge < -0.3 is 10.2 Å². The molecule has 0 saturated heterocycles. The van der Waals surface area contributed by atoms with Crippen molar-refractivity contribution in [3.63, 3.8) is 0 Å². The van der Waals surface area contributed by atoms with Crippen molar-refractivity contribution < 1.29 is 0 Å². The van der Waals surface area contributed by atoms with Gasteiger partial charge in [0.25, 0.3) is 0 Å². The summed E-state index contributed by atoms with van der Waals surface area (Å²) in [5.41, 5.74) is 0.788. The molecule has 102 valence electrons. The summed E-state index contributed by atoms with van der Waals surface area (Å²) in [7, 11) is 2.28. The summed E-state index contributed by atoms with van der Waals surface area (Å²) in [5.74, 6) is 0. The van der Waals surface area contributed by atoms with Crippen LogP contribution in [0.1, 0.15) is 59.8 Å². The van der Waals surface area contributed by atoms with Gasteiger partial charge >= 0.3 is 0 Å². The van der Waals surface area contributed by atoms with Crippen molar-refractivity contribution in [2.45, 2.75) is 65.3 Å². The van der Waals surface area contributed by atoms with Crippen molar-refractivity contribution >= 4 is 0 Å². The lowest BCUT2D eigenvalue weighted by Gasteiger charge is -2.36. The molecule has 0 atom stereocenters. The van der Waals surface area contributed by atoms with Gasteiger partial charge in [0.1, 0.15) is 0 Å². The number of hydrogen-bond donors (Lipinski definition) is 1. The highest BCUT2D eigenvalue weighted by molar-refractivity contribution is 4.90. The molecule has 1 aliphatic carbocycles. The second-order valence-corrected chi connectivity index (χ2v) is 7.05. The number of nitrogens with one attached hydrogen (secondary N) is 1. The molecule has 0 amide bonds. The SMILES string of the molecule is CCCN(C)CC1(CNC(C)(C)C)CCCC1. The van der Waals surface area contributed by atoms with E-state index in [1.54, 1.807) is 0 Å². The highest BCUT2D eigenvalue weighted by Gasteiger charge is 2.35. The third-order valence-corrected chi connectivity index (χ3v) is 3.87. The van der Waals surface area contributed by atoms with Gasteiger partial charge in [-0.15, -0.1) is 0 Å².